The number of fused-ring (bicyclic) bond motifs is 1. The van der Waals surface area contributed by atoms with Crippen molar-refractivity contribution in [1.29, 1.82) is 0 Å². The predicted octanol–water partition coefficient (Wildman–Crippen LogP) is 5.56. The molecule has 1 heterocycles. The molecule has 7 nitrogen and oxygen atoms in total. The molecule has 0 bridgehead atoms. The lowest BCUT2D eigenvalue weighted by molar-refractivity contribution is 0.201. The van der Waals surface area contributed by atoms with Crippen molar-refractivity contribution in [2.24, 2.45) is 0 Å². The molecule has 0 spiro atoms. The van der Waals surface area contributed by atoms with Crippen LogP contribution in [0.5, 0.6) is 23.0 Å². The van der Waals surface area contributed by atoms with Crippen molar-refractivity contribution in [2.45, 2.75) is 27.2 Å². The van der Waals surface area contributed by atoms with E-state index >= 15 is 0 Å². The summed E-state index contributed by atoms with van der Waals surface area (Å²) < 4.78 is 17.0. The van der Waals surface area contributed by atoms with Gasteiger partial charge in [-0.2, -0.15) is 0 Å². The molecule has 0 unspecified atom stereocenters. The summed E-state index contributed by atoms with van der Waals surface area (Å²) >= 11 is 0. The molecule has 1 amide bonds. The minimum absolute atomic E-state index is 0.437. The smallest absolute Gasteiger partial charge is 0.411 e. The van der Waals surface area contributed by atoms with Crippen LogP contribution in [0.1, 0.15) is 24.5 Å². The van der Waals surface area contributed by atoms with E-state index in [1.807, 2.05) is 39.0 Å². The SMILES string of the molecule is CCCN(C(=O)O)c1cc(C)c(Oc2ccnc3cc(OC)c(OC)cc23)cc1C. The maximum Gasteiger partial charge on any atom is 0.411 e. The number of carbonyl (C=O) groups is 1. The lowest BCUT2D eigenvalue weighted by Crippen LogP contribution is -2.30. The second kappa shape index (κ2) is 8.90. The van der Waals surface area contributed by atoms with E-state index in [1.54, 1.807) is 32.5 Å². The van der Waals surface area contributed by atoms with E-state index in [9.17, 15) is 9.90 Å². The Balaban J connectivity index is 2.03. The number of amides is 1. The number of carboxylic acid groups (broad SMARTS) is 1. The van der Waals surface area contributed by atoms with Gasteiger partial charge in [-0.3, -0.25) is 9.88 Å². The summed E-state index contributed by atoms with van der Waals surface area (Å²) in [4.78, 5) is 17.4. The molecule has 0 aliphatic rings. The van der Waals surface area contributed by atoms with Gasteiger partial charge in [0.2, 0.25) is 0 Å². The Labute approximate surface area is 175 Å². The van der Waals surface area contributed by atoms with Crippen molar-refractivity contribution < 1.29 is 24.1 Å². The van der Waals surface area contributed by atoms with Crippen molar-refractivity contribution in [2.75, 3.05) is 25.7 Å². The molecule has 0 radical (unpaired) electrons. The van der Waals surface area contributed by atoms with Gasteiger partial charge in [0.05, 0.1) is 25.4 Å². The number of rotatable bonds is 7. The molecule has 0 aliphatic carbocycles. The van der Waals surface area contributed by atoms with Gasteiger partial charge >= 0.3 is 6.09 Å². The van der Waals surface area contributed by atoms with Crippen molar-refractivity contribution in [1.82, 2.24) is 4.98 Å². The number of hydrogen-bond donors (Lipinski definition) is 1. The van der Waals surface area contributed by atoms with Crippen molar-refractivity contribution in [3.05, 3.63) is 47.7 Å². The van der Waals surface area contributed by atoms with Gasteiger partial charge in [-0.25, -0.2) is 4.79 Å². The Morgan fingerprint density at radius 2 is 1.70 bits per heavy atom. The van der Waals surface area contributed by atoms with Crippen molar-refractivity contribution in [3.8, 4) is 23.0 Å². The summed E-state index contributed by atoms with van der Waals surface area (Å²) in [7, 11) is 3.16. The number of hydrogen-bond acceptors (Lipinski definition) is 5. The van der Waals surface area contributed by atoms with E-state index in [0.29, 0.717) is 35.2 Å². The predicted molar refractivity (Wildman–Crippen MR) is 116 cm³/mol. The highest BCUT2D eigenvalue weighted by Crippen LogP contribution is 2.38. The molecule has 30 heavy (non-hydrogen) atoms. The van der Waals surface area contributed by atoms with E-state index in [2.05, 4.69) is 4.98 Å². The third-order valence-electron chi connectivity index (χ3n) is 4.89. The zero-order valence-electron chi connectivity index (χ0n) is 17.9. The van der Waals surface area contributed by atoms with Crippen LogP contribution in [-0.2, 0) is 0 Å². The fourth-order valence-corrected chi connectivity index (χ4v) is 3.37. The maximum atomic E-state index is 11.7. The fourth-order valence-electron chi connectivity index (χ4n) is 3.37. The van der Waals surface area contributed by atoms with E-state index in [0.717, 1.165) is 28.5 Å². The van der Waals surface area contributed by atoms with E-state index in [4.69, 9.17) is 14.2 Å². The maximum absolute atomic E-state index is 11.7. The number of anilines is 1. The number of nitrogens with zero attached hydrogens (tertiary/aromatic N) is 2. The minimum Gasteiger partial charge on any atom is -0.493 e. The first kappa shape index (κ1) is 21.2. The van der Waals surface area contributed by atoms with Gasteiger partial charge in [0.25, 0.3) is 0 Å². The zero-order valence-corrected chi connectivity index (χ0v) is 17.9. The number of aryl methyl sites for hydroxylation is 2. The topological polar surface area (TPSA) is 81.1 Å². The molecule has 0 saturated carbocycles. The normalized spacial score (nSPS) is 10.7. The highest BCUT2D eigenvalue weighted by Gasteiger charge is 2.18. The number of benzene rings is 2. The van der Waals surface area contributed by atoms with Crippen LogP contribution in [0.2, 0.25) is 0 Å². The number of aromatic nitrogens is 1. The molecule has 0 atom stereocenters. The summed E-state index contributed by atoms with van der Waals surface area (Å²) in [6.45, 7) is 6.17. The Kier molecular flexibility index (Phi) is 6.30. The molecule has 7 heteroatoms. The molecule has 1 aromatic heterocycles. The summed E-state index contributed by atoms with van der Waals surface area (Å²) in [5.41, 5.74) is 3.05. The Hall–Kier alpha value is -3.48. The lowest BCUT2D eigenvalue weighted by Gasteiger charge is -2.22. The first-order valence-corrected chi connectivity index (χ1v) is 9.69. The fraction of sp³-hybridized carbons (Fsp3) is 0.304. The van der Waals surface area contributed by atoms with Crippen LogP contribution in [0.15, 0.2) is 36.5 Å². The van der Waals surface area contributed by atoms with E-state index < -0.39 is 6.09 Å². The Morgan fingerprint density at radius 1 is 1.00 bits per heavy atom. The Morgan fingerprint density at radius 3 is 2.33 bits per heavy atom. The largest absolute Gasteiger partial charge is 0.493 e. The molecule has 0 fully saturated rings. The lowest BCUT2D eigenvalue weighted by atomic mass is 10.1. The zero-order chi connectivity index (χ0) is 21.8. The highest BCUT2D eigenvalue weighted by atomic mass is 16.5. The standard InChI is InChI=1S/C23H26N2O5/c1-6-9-25(23(26)27)18-10-15(3)20(11-14(18)2)30-19-7-8-24-17-13-22(29-5)21(28-4)12-16(17)19/h7-8,10-13H,6,9H2,1-5H3,(H,26,27). The van der Waals surface area contributed by atoms with Crippen LogP contribution >= 0.6 is 0 Å². The van der Waals surface area contributed by atoms with Crippen LogP contribution in [0.25, 0.3) is 10.9 Å². The van der Waals surface area contributed by atoms with Gasteiger partial charge in [0, 0.05) is 24.2 Å². The van der Waals surface area contributed by atoms with Gasteiger partial charge in [-0.15, -0.1) is 0 Å². The van der Waals surface area contributed by atoms with Crippen molar-refractivity contribution in [3.63, 3.8) is 0 Å². The second-order valence-corrected chi connectivity index (χ2v) is 6.97. The highest BCUT2D eigenvalue weighted by molar-refractivity contribution is 5.89. The minimum atomic E-state index is -0.964. The molecule has 2 aromatic carbocycles. The third-order valence-corrected chi connectivity index (χ3v) is 4.89. The van der Waals surface area contributed by atoms with Gasteiger partial charge in [-0.1, -0.05) is 6.92 Å². The third kappa shape index (κ3) is 4.10. The van der Waals surface area contributed by atoms with Crippen LogP contribution in [0.4, 0.5) is 10.5 Å². The van der Waals surface area contributed by atoms with Gasteiger partial charge in [-0.05, 0) is 55.7 Å². The monoisotopic (exact) mass is 410 g/mol. The van der Waals surface area contributed by atoms with Gasteiger partial charge in [0.1, 0.15) is 11.5 Å². The quantitative estimate of drug-likeness (QED) is 0.549. The summed E-state index contributed by atoms with van der Waals surface area (Å²) in [6, 6.07) is 9.14. The Bertz CT molecular complexity index is 1080. The molecule has 0 aliphatic heterocycles. The molecular weight excluding hydrogens is 384 g/mol. The van der Waals surface area contributed by atoms with E-state index in [1.165, 1.54) is 4.90 Å². The van der Waals surface area contributed by atoms with Crippen LogP contribution in [0, 0.1) is 13.8 Å². The van der Waals surface area contributed by atoms with Gasteiger partial charge in [0.15, 0.2) is 11.5 Å². The van der Waals surface area contributed by atoms with Crippen LogP contribution in [0.3, 0.4) is 0 Å². The van der Waals surface area contributed by atoms with Crippen LogP contribution < -0.4 is 19.1 Å². The number of methoxy groups -OCH3 is 2. The average Bonchev–Trinajstić information content (AvgIpc) is 2.73. The van der Waals surface area contributed by atoms with E-state index in [-0.39, 0.29) is 0 Å². The average molecular weight is 410 g/mol. The first-order valence-electron chi connectivity index (χ1n) is 9.69. The van der Waals surface area contributed by atoms with Gasteiger partial charge < -0.3 is 19.3 Å². The summed E-state index contributed by atoms with van der Waals surface area (Å²) in [5, 5.41) is 10.3. The molecular formula is C23H26N2O5. The van der Waals surface area contributed by atoms with Crippen molar-refractivity contribution >= 4 is 22.7 Å². The molecule has 3 aromatic rings. The molecule has 3 rings (SSSR count). The number of ether oxygens (including phenoxy) is 3. The molecule has 158 valence electrons. The first-order chi connectivity index (χ1) is 14.4. The number of pyridine rings is 1. The second-order valence-electron chi connectivity index (χ2n) is 6.97. The molecule has 0 saturated heterocycles. The van der Waals surface area contributed by atoms with Crippen LogP contribution in [-0.4, -0.2) is 36.9 Å². The summed E-state index contributed by atoms with van der Waals surface area (Å²) in [6.07, 6.45) is 1.44. The molecule has 1 N–H and O–H groups in total. The summed E-state index contributed by atoms with van der Waals surface area (Å²) in [5.74, 6) is 2.46.